The van der Waals surface area contributed by atoms with E-state index in [4.69, 9.17) is 14.2 Å². The van der Waals surface area contributed by atoms with Crippen LogP contribution in [0.5, 0.6) is 0 Å². The Balaban J connectivity index is 2.39. The van der Waals surface area contributed by atoms with Gasteiger partial charge in [-0.3, -0.25) is 14.4 Å². The van der Waals surface area contributed by atoms with Gasteiger partial charge in [0.15, 0.2) is 0 Å². The monoisotopic (exact) mass is 426 g/mol. The second-order valence-electron chi connectivity index (χ2n) is 8.80. The summed E-state index contributed by atoms with van der Waals surface area (Å²) in [6.07, 6.45) is 8.84. The summed E-state index contributed by atoms with van der Waals surface area (Å²) in [5.74, 6) is -1.46. The largest absolute Gasteiger partial charge is 0.465 e. The van der Waals surface area contributed by atoms with Crippen LogP contribution in [-0.4, -0.2) is 37.7 Å². The molecule has 3 atom stereocenters. The van der Waals surface area contributed by atoms with Crippen LogP contribution in [0.25, 0.3) is 0 Å². The van der Waals surface area contributed by atoms with Gasteiger partial charge in [-0.05, 0) is 38.0 Å². The Labute approximate surface area is 182 Å². The minimum absolute atomic E-state index is 0.0258. The van der Waals surface area contributed by atoms with Crippen LogP contribution in [0.2, 0.25) is 0 Å². The zero-order valence-electron chi connectivity index (χ0n) is 19.5. The molecule has 0 amide bonds. The van der Waals surface area contributed by atoms with Crippen LogP contribution in [-0.2, 0) is 28.6 Å². The lowest BCUT2D eigenvalue weighted by atomic mass is 9.79. The number of rotatable bonds is 14. The van der Waals surface area contributed by atoms with E-state index in [1.165, 1.54) is 0 Å². The third-order valence-corrected chi connectivity index (χ3v) is 5.77. The number of hydrogen-bond donors (Lipinski definition) is 0. The summed E-state index contributed by atoms with van der Waals surface area (Å²) in [5.41, 5.74) is 0. The van der Waals surface area contributed by atoms with Crippen molar-refractivity contribution in [2.45, 2.75) is 91.9 Å². The lowest BCUT2D eigenvalue weighted by molar-refractivity contribution is -0.165. The predicted octanol–water partition coefficient (Wildman–Crippen LogP) is 5.08. The maximum Gasteiger partial charge on any atom is 0.309 e. The molecule has 1 saturated carbocycles. The Hall–Kier alpha value is -1.59. The molecule has 1 aliphatic rings. The van der Waals surface area contributed by atoms with E-state index in [0.717, 1.165) is 51.4 Å². The van der Waals surface area contributed by atoms with Crippen molar-refractivity contribution in [3.63, 3.8) is 0 Å². The first kappa shape index (κ1) is 26.4. The van der Waals surface area contributed by atoms with Gasteiger partial charge in [-0.25, -0.2) is 0 Å². The molecule has 30 heavy (non-hydrogen) atoms. The number of carbonyl (C=O) groups is 3. The van der Waals surface area contributed by atoms with Crippen molar-refractivity contribution < 1.29 is 28.6 Å². The minimum Gasteiger partial charge on any atom is -0.465 e. The van der Waals surface area contributed by atoms with Crippen LogP contribution in [0.4, 0.5) is 0 Å². The number of unbranched alkanes of at least 4 members (excludes halogenated alkanes) is 3. The first-order valence-electron chi connectivity index (χ1n) is 11.9. The average molecular weight is 427 g/mol. The standard InChI is InChI=1S/C24H42O6/c1-5-7-8-11-14-28-23(26)20-12-9-10-13-21(20)24(27)30-16-15-29-22(25)19(6-2)17-18(3)4/h18-21H,5-17H2,1-4H3. The van der Waals surface area contributed by atoms with Crippen molar-refractivity contribution >= 4 is 17.9 Å². The Morgan fingerprint density at radius 1 is 0.800 bits per heavy atom. The van der Waals surface area contributed by atoms with Crippen LogP contribution in [0.15, 0.2) is 0 Å². The van der Waals surface area contributed by atoms with Gasteiger partial charge in [-0.15, -0.1) is 0 Å². The third-order valence-electron chi connectivity index (χ3n) is 5.77. The van der Waals surface area contributed by atoms with Crippen molar-refractivity contribution in [2.24, 2.45) is 23.7 Å². The second-order valence-corrected chi connectivity index (χ2v) is 8.80. The number of ether oxygens (including phenoxy) is 3. The normalized spacial score (nSPS) is 19.9. The summed E-state index contributed by atoms with van der Waals surface area (Å²) < 4.78 is 16.0. The molecule has 1 rings (SSSR count). The Bertz CT molecular complexity index is 516. The molecule has 0 aromatic heterocycles. The van der Waals surface area contributed by atoms with E-state index in [1.54, 1.807) is 0 Å². The maximum atomic E-state index is 12.5. The summed E-state index contributed by atoms with van der Waals surface area (Å²) in [6.45, 7) is 8.76. The van der Waals surface area contributed by atoms with Crippen molar-refractivity contribution in [1.82, 2.24) is 0 Å². The average Bonchev–Trinajstić information content (AvgIpc) is 2.74. The van der Waals surface area contributed by atoms with Crippen molar-refractivity contribution in [3.8, 4) is 0 Å². The smallest absolute Gasteiger partial charge is 0.309 e. The third kappa shape index (κ3) is 9.94. The lowest BCUT2D eigenvalue weighted by Crippen LogP contribution is -2.35. The molecule has 0 aromatic carbocycles. The summed E-state index contributed by atoms with van der Waals surface area (Å²) in [4.78, 5) is 37.1. The highest BCUT2D eigenvalue weighted by Crippen LogP contribution is 2.32. The SMILES string of the molecule is CCCCCCOC(=O)C1CCCCC1C(=O)OCCOC(=O)C(CC)CC(C)C. The fraction of sp³-hybridized carbons (Fsp3) is 0.875. The molecule has 0 aromatic rings. The zero-order chi connectivity index (χ0) is 22.4. The molecule has 0 N–H and O–H groups in total. The molecule has 0 radical (unpaired) electrons. The molecule has 1 aliphatic carbocycles. The van der Waals surface area contributed by atoms with Crippen molar-refractivity contribution in [2.75, 3.05) is 19.8 Å². The van der Waals surface area contributed by atoms with Crippen LogP contribution in [0, 0.1) is 23.7 Å². The molecule has 0 spiro atoms. The van der Waals surface area contributed by atoms with Crippen LogP contribution < -0.4 is 0 Å². The Kier molecular flexibility index (Phi) is 13.4. The van der Waals surface area contributed by atoms with E-state index in [2.05, 4.69) is 20.8 Å². The van der Waals surface area contributed by atoms with E-state index in [9.17, 15) is 14.4 Å². The van der Waals surface area contributed by atoms with E-state index < -0.39 is 11.8 Å². The van der Waals surface area contributed by atoms with Gasteiger partial charge in [0.2, 0.25) is 0 Å². The summed E-state index contributed by atoms with van der Waals surface area (Å²) in [7, 11) is 0. The van der Waals surface area contributed by atoms with Gasteiger partial charge in [-0.1, -0.05) is 59.8 Å². The highest BCUT2D eigenvalue weighted by atomic mass is 16.6. The fourth-order valence-electron chi connectivity index (χ4n) is 4.01. The highest BCUT2D eigenvalue weighted by molar-refractivity contribution is 5.82. The molecule has 3 unspecified atom stereocenters. The predicted molar refractivity (Wildman–Crippen MR) is 116 cm³/mol. The zero-order valence-corrected chi connectivity index (χ0v) is 19.5. The molecule has 0 bridgehead atoms. The van der Waals surface area contributed by atoms with Gasteiger partial charge in [0, 0.05) is 0 Å². The highest BCUT2D eigenvalue weighted by Gasteiger charge is 2.37. The number of hydrogen-bond acceptors (Lipinski definition) is 6. The summed E-state index contributed by atoms with van der Waals surface area (Å²) in [5, 5.41) is 0. The molecular weight excluding hydrogens is 384 g/mol. The summed E-state index contributed by atoms with van der Waals surface area (Å²) in [6, 6.07) is 0. The molecule has 174 valence electrons. The molecule has 0 saturated heterocycles. The minimum atomic E-state index is -0.457. The first-order chi connectivity index (χ1) is 14.4. The van der Waals surface area contributed by atoms with Gasteiger partial charge in [0.25, 0.3) is 0 Å². The Morgan fingerprint density at radius 3 is 1.90 bits per heavy atom. The molecule has 6 nitrogen and oxygen atoms in total. The van der Waals surface area contributed by atoms with Gasteiger partial charge in [0.05, 0.1) is 24.4 Å². The van der Waals surface area contributed by atoms with E-state index in [-0.39, 0.29) is 37.0 Å². The van der Waals surface area contributed by atoms with Crippen LogP contribution in [0.3, 0.4) is 0 Å². The number of esters is 3. The quantitative estimate of drug-likeness (QED) is 0.219. The molecule has 0 heterocycles. The first-order valence-corrected chi connectivity index (χ1v) is 11.9. The summed E-state index contributed by atoms with van der Waals surface area (Å²) >= 11 is 0. The van der Waals surface area contributed by atoms with E-state index in [0.29, 0.717) is 25.4 Å². The fourth-order valence-corrected chi connectivity index (χ4v) is 4.01. The van der Waals surface area contributed by atoms with Gasteiger partial charge in [0.1, 0.15) is 13.2 Å². The topological polar surface area (TPSA) is 78.9 Å². The van der Waals surface area contributed by atoms with Crippen molar-refractivity contribution in [3.05, 3.63) is 0 Å². The van der Waals surface area contributed by atoms with Crippen LogP contribution in [0.1, 0.15) is 91.9 Å². The molecule has 1 fully saturated rings. The number of carbonyl (C=O) groups excluding carboxylic acids is 3. The van der Waals surface area contributed by atoms with E-state index in [1.807, 2.05) is 6.92 Å². The molecule has 0 aliphatic heterocycles. The molecule has 6 heteroatoms. The second kappa shape index (κ2) is 15.2. The van der Waals surface area contributed by atoms with E-state index >= 15 is 0 Å². The van der Waals surface area contributed by atoms with Crippen molar-refractivity contribution in [1.29, 1.82) is 0 Å². The lowest BCUT2D eigenvalue weighted by Gasteiger charge is -2.28. The van der Waals surface area contributed by atoms with Gasteiger partial charge in [-0.2, -0.15) is 0 Å². The molecular formula is C24H42O6. The Morgan fingerprint density at radius 2 is 1.37 bits per heavy atom. The maximum absolute atomic E-state index is 12.5. The van der Waals surface area contributed by atoms with Crippen LogP contribution >= 0.6 is 0 Å². The van der Waals surface area contributed by atoms with Gasteiger partial charge < -0.3 is 14.2 Å². The van der Waals surface area contributed by atoms with Gasteiger partial charge >= 0.3 is 17.9 Å².